The van der Waals surface area contributed by atoms with Crippen LogP contribution in [-0.2, 0) is 0 Å². The number of hydrogen-bond acceptors (Lipinski definition) is 3. The maximum Gasteiger partial charge on any atom is 0.346 e. The van der Waals surface area contributed by atoms with E-state index in [-0.39, 0.29) is 29.8 Å². The van der Waals surface area contributed by atoms with E-state index in [2.05, 4.69) is 6.92 Å². The number of carbonyl (C=O) groups excluding carboxylic acids is 1. The summed E-state index contributed by atoms with van der Waals surface area (Å²) >= 11 is 0. The molecule has 0 spiro atoms. The minimum absolute atomic E-state index is 0.00471. The Kier molecular flexibility index (Phi) is 9.82. The van der Waals surface area contributed by atoms with E-state index in [0.29, 0.717) is 43.2 Å². The van der Waals surface area contributed by atoms with Gasteiger partial charge in [0.1, 0.15) is 0 Å². The molecule has 4 rings (SSSR count). The average molecular weight is 561 g/mol. The van der Waals surface area contributed by atoms with Crippen LogP contribution in [0.4, 0.5) is 22.0 Å². The van der Waals surface area contributed by atoms with Gasteiger partial charge in [0.2, 0.25) is 5.82 Å². The SMILES string of the molecule is CCCCCCOc1ccc(C(=O)Oc2ccc(C3CCC(c4ccc(C)c(F)c4F)CC3)cc2F)c(F)c1F. The molecule has 0 atom stereocenters. The maximum atomic E-state index is 14.9. The van der Waals surface area contributed by atoms with Gasteiger partial charge in [-0.15, -0.1) is 0 Å². The Morgan fingerprint density at radius 2 is 1.48 bits per heavy atom. The van der Waals surface area contributed by atoms with Crippen LogP contribution >= 0.6 is 0 Å². The molecule has 0 aromatic heterocycles. The fourth-order valence-electron chi connectivity index (χ4n) is 5.23. The third kappa shape index (κ3) is 6.65. The molecule has 1 fully saturated rings. The number of unbranched alkanes of at least 4 members (excludes halogenated alkanes) is 3. The second kappa shape index (κ2) is 13.3. The molecule has 214 valence electrons. The first-order valence-electron chi connectivity index (χ1n) is 13.8. The Morgan fingerprint density at radius 1 is 0.775 bits per heavy atom. The van der Waals surface area contributed by atoms with Gasteiger partial charge in [0.15, 0.2) is 34.8 Å². The van der Waals surface area contributed by atoms with E-state index in [9.17, 15) is 26.7 Å². The molecular formula is C32H33F5O3. The molecule has 0 radical (unpaired) electrons. The Bertz CT molecular complexity index is 1350. The van der Waals surface area contributed by atoms with Gasteiger partial charge >= 0.3 is 5.97 Å². The van der Waals surface area contributed by atoms with Crippen LogP contribution in [-0.4, -0.2) is 12.6 Å². The summed E-state index contributed by atoms with van der Waals surface area (Å²) in [5.74, 6) is -7.23. The van der Waals surface area contributed by atoms with Crippen molar-refractivity contribution in [3.63, 3.8) is 0 Å². The summed E-state index contributed by atoms with van der Waals surface area (Å²) in [6, 6.07) is 9.57. The molecule has 3 aromatic carbocycles. The van der Waals surface area contributed by atoms with Crippen molar-refractivity contribution in [2.24, 2.45) is 0 Å². The van der Waals surface area contributed by atoms with Gasteiger partial charge in [-0.05, 0) is 91.8 Å². The largest absolute Gasteiger partial charge is 0.490 e. The van der Waals surface area contributed by atoms with E-state index >= 15 is 0 Å². The molecule has 1 aliphatic rings. The molecule has 3 aromatic rings. The number of halogens is 5. The topological polar surface area (TPSA) is 35.5 Å². The van der Waals surface area contributed by atoms with Gasteiger partial charge in [-0.2, -0.15) is 4.39 Å². The van der Waals surface area contributed by atoms with Crippen LogP contribution in [0.3, 0.4) is 0 Å². The van der Waals surface area contributed by atoms with Crippen LogP contribution in [0.5, 0.6) is 11.5 Å². The average Bonchev–Trinajstić information content (AvgIpc) is 2.95. The third-order valence-electron chi connectivity index (χ3n) is 7.62. The summed E-state index contributed by atoms with van der Waals surface area (Å²) in [6.07, 6.45) is 6.18. The van der Waals surface area contributed by atoms with Crippen LogP contribution in [0.25, 0.3) is 0 Å². The molecule has 8 heteroatoms. The van der Waals surface area contributed by atoms with E-state index in [1.165, 1.54) is 19.1 Å². The molecule has 0 unspecified atom stereocenters. The normalized spacial score (nSPS) is 17.1. The summed E-state index contributed by atoms with van der Waals surface area (Å²) in [4.78, 5) is 12.5. The third-order valence-corrected chi connectivity index (χ3v) is 7.62. The predicted octanol–water partition coefficient (Wildman–Crippen LogP) is 9.31. The van der Waals surface area contributed by atoms with Crippen molar-refractivity contribution in [3.8, 4) is 11.5 Å². The van der Waals surface area contributed by atoms with E-state index in [0.717, 1.165) is 31.4 Å². The second-order valence-corrected chi connectivity index (χ2v) is 10.4. The van der Waals surface area contributed by atoms with Crippen LogP contribution < -0.4 is 9.47 Å². The standard InChI is InChI=1S/C32H33F5O3/c1-3-4-5-6-17-39-27-16-14-24(30(36)31(27)37)32(38)40-26-15-12-22(18-25(26)33)20-8-10-21(11-9-20)23-13-7-19(2)28(34)29(23)35/h7,12-16,18,20-21H,3-6,8-11,17H2,1-2H3. The van der Waals surface area contributed by atoms with Crippen molar-refractivity contribution in [2.75, 3.05) is 6.61 Å². The molecule has 1 aliphatic carbocycles. The first kappa shape index (κ1) is 29.6. The number of hydrogen-bond donors (Lipinski definition) is 0. The van der Waals surface area contributed by atoms with Crippen molar-refractivity contribution in [2.45, 2.75) is 77.0 Å². The zero-order valence-corrected chi connectivity index (χ0v) is 22.7. The van der Waals surface area contributed by atoms with Crippen molar-refractivity contribution >= 4 is 5.97 Å². The van der Waals surface area contributed by atoms with Crippen molar-refractivity contribution in [1.29, 1.82) is 0 Å². The Balaban J connectivity index is 1.37. The van der Waals surface area contributed by atoms with Crippen molar-refractivity contribution < 1.29 is 36.2 Å². The smallest absolute Gasteiger partial charge is 0.346 e. The highest BCUT2D eigenvalue weighted by Crippen LogP contribution is 2.42. The lowest BCUT2D eigenvalue weighted by atomic mass is 9.76. The van der Waals surface area contributed by atoms with Gasteiger partial charge in [0.25, 0.3) is 0 Å². The molecule has 40 heavy (non-hydrogen) atoms. The number of esters is 1. The minimum atomic E-state index is -1.42. The van der Waals surface area contributed by atoms with E-state index in [1.807, 2.05) is 0 Å². The lowest BCUT2D eigenvalue weighted by Gasteiger charge is -2.29. The molecule has 1 saturated carbocycles. The van der Waals surface area contributed by atoms with E-state index in [4.69, 9.17) is 9.47 Å². The van der Waals surface area contributed by atoms with Gasteiger partial charge in [-0.1, -0.05) is 44.4 Å². The highest BCUT2D eigenvalue weighted by molar-refractivity contribution is 5.91. The number of aryl methyl sites for hydroxylation is 1. The van der Waals surface area contributed by atoms with Gasteiger partial charge in [-0.25, -0.2) is 22.4 Å². The summed E-state index contributed by atoms with van der Waals surface area (Å²) in [6.45, 7) is 3.80. The highest BCUT2D eigenvalue weighted by atomic mass is 19.2. The van der Waals surface area contributed by atoms with Gasteiger partial charge < -0.3 is 9.47 Å². The molecular weight excluding hydrogens is 527 g/mol. The first-order valence-corrected chi connectivity index (χ1v) is 13.8. The lowest BCUT2D eigenvalue weighted by Crippen LogP contribution is -2.15. The molecule has 0 saturated heterocycles. The van der Waals surface area contributed by atoms with Crippen LogP contribution in [0.1, 0.15) is 97.2 Å². The second-order valence-electron chi connectivity index (χ2n) is 10.4. The summed E-state index contributed by atoms with van der Waals surface area (Å²) in [5, 5.41) is 0. The number of ether oxygens (including phenoxy) is 2. The number of carbonyl (C=O) groups is 1. The van der Waals surface area contributed by atoms with Crippen LogP contribution in [0.2, 0.25) is 0 Å². The lowest BCUT2D eigenvalue weighted by molar-refractivity contribution is 0.0721. The summed E-state index contributed by atoms with van der Waals surface area (Å²) in [5.41, 5.74) is 0.643. The predicted molar refractivity (Wildman–Crippen MR) is 142 cm³/mol. The fraction of sp³-hybridized carbons (Fsp3) is 0.406. The zero-order chi connectivity index (χ0) is 28.8. The number of benzene rings is 3. The molecule has 0 bridgehead atoms. The van der Waals surface area contributed by atoms with Gasteiger partial charge in [0, 0.05) is 0 Å². The van der Waals surface area contributed by atoms with Crippen molar-refractivity contribution in [3.05, 3.63) is 93.8 Å². The molecule has 0 heterocycles. The Labute approximate surface area is 231 Å². The Hall–Kier alpha value is -3.42. The molecule has 0 N–H and O–H groups in total. The van der Waals surface area contributed by atoms with E-state index in [1.54, 1.807) is 18.2 Å². The van der Waals surface area contributed by atoms with Crippen LogP contribution in [0.15, 0.2) is 42.5 Å². The number of rotatable bonds is 10. The zero-order valence-electron chi connectivity index (χ0n) is 22.7. The molecule has 0 amide bonds. The molecule has 0 aliphatic heterocycles. The summed E-state index contributed by atoms with van der Waals surface area (Å²) in [7, 11) is 0. The highest BCUT2D eigenvalue weighted by Gasteiger charge is 2.28. The van der Waals surface area contributed by atoms with Gasteiger partial charge in [-0.3, -0.25) is 0 Å². The quantitative estimate of drug-likeness (QED) is 0.107. The first-order chi connectivity index (χ1) is 19.2. The monoisotopic (exact) mass is 560 g/mol. The van der Waals surface area contributed by atoms with Crippen LogP contribution in [0, 0.1) is 36.0 Å². The van der Waals surface area contributed by atoms with E-state index < -0.39 is 46.4 Å². The maximum absolute atomic E-state index is 14.9. The molecule has 3 nitrogen and oxygen atoms in total. The summed E-state index contributed by atoms with van der Waals surface area (Å²) < 4.78 is 82.7. The van der Waals surface area contributed by atoms with Crippen molar-refractivity contribution in [1.82, 2.24) is 0 Å². The minimum Gasteiger partial charge on any atom is -0.490 e. The Morgan fingerprint density at radius 3 is 2.17 bits per heavy atom. The van der Waals surface area contributed by atoms with Gasteiger partial charge in [0.05, 0.1) is 12.2 Å². The fourth-order valence-corrected chi connectivity index (χ4v) is 5.23.